The molecule has 5 heteroatoms. The molecule has 2 fully saturated rings. The quantitative estimate of drug-likeness (QED) is 0.366. The molecule has 0 bridgehead atoms. The number of rotatable bonds is 6. The zero-order valence-electron chi connectivity index (χ0n) is 20.7. The van der Waals surface area contributed by atoms with Crippen LogP contribution < -0.4 is 10.9 Å². The van der Waals surface area contributed by atoms with Gasteiger partial charge in [-0.1, -0.05) is 66.7 Å². The minimum atomic E-state index is -0.188. The van der Waals surface area contributed by atoms with Crippen LogP contribution in [0.5, 0.6) is 0 Å². The number of nitrogens with zero attached hydrogens (tertiary/aromatic N) is 2. The van der Waals surface area contributed by atoms with E-state index in [4.69, 9.17) is 0 Å². The van der Waals surface area contributed by atoms with Gasteiger partial charge in [0.25, 0.3) is 5.91 Å². The van der Waals surface area contributed by atoms with Crippen LogP contribution in [0.3, 0.4) is 0 Å². The van der Waals surface area contributed by atoms with E-state index in [-0.39, 0.29) is 5.91 Å². The highest BCUT2D eigenvalue weighted by Crippen LogP contribution is 2.32. The topological polar surface area (TPSA) is 65.8 Å². The van der Waals surface area contributed by atoms with Gasteiger partial charge in [-0.2, -0.15) is 10.2 Å². The van der Waals surface area contributed by atoms with Gasteiger partial charge < -0.3 is 0 Å². The lowest BCUT2D eigenvalue weighted by molar-refractivity contribution is 0.0954. The zero-order valence-corrected chi connectivity index (χ0v) is 20.7. The van der Waals surface area contributed by atoms with Gasteiger partial charge >= 0.3 is 0 Å². The van der Waals surface area contributed by atoms with Crippen molar-refractivity contribution in [2.45, 2.75) is 63.2 Å². The summed E-state index contributed by atoms with van der Waals surface area (Å²) < 4.78 is 0. The summed E-state index contributed by atoms with van der Waals surface area (Å²) in [5.41, 5.74) is 12.4. The fourth-order valence-electron chi connectivity index (χ4n) is 5.31. The fraction of sp³-hybridized carbons (Fsp3) is 0.323. The molecule has 5 nitrogen and oxygen atoms in total. The first-order valence-electron chi connectivity index (χ1n) is 13.1. The summed E-state index contributed by atoms with van der Waals surface area (Å²) in [5, 5.41) is 9.08. The lowest BCUT2D eigenvalue weighted by Gasteiger charge is -2.23. The second-order valence-electron chi connectivity index (χ2n) is 9.86. The number of benzene rings is 3. The molecule has 36 heavy (non-hydrogen) atoms. The van der Waals surface area contributed by atoms with Gasteiger partial charge in [0.05, 0.1) is 5.69 Å². The third kappa shape index (κ3) is 6.28. The number of amides is 1. The van der Waals surface area contributed by atoms with E-state index in [2.05, 4.69) is 81.7 Å². The summed E-state index contributed by atoms with van der Waals surface area (Å²) in [6.07, 6.45) is 8.23. The molecule has 2 aliphatic rings. The Hall–Kier alpha value is -3.73. The van der Waals surface area contributed by atoms with E-state index >= 15 is 0 Å². The number of carbonyl (C=O) groups is 1. The van der Waals surface area contributed by atoms with Crippen molar-refractivity contribution in [2.24, 2.45) is 10.2 Å². The number of hydrogen-bond acceptors (Lipinski definition) is 4. The lowest BCUT2D eigenvalue weighted by atomic mass is 9.83. The largest absolute Gasteiger partial charge is 0.279 e. The molecular formula is C31H34N4O. The van der Waals surface area contributed by atoms with E-state index < -0.39 is 0 Å². The van der Waals surface area contributed by atoms with Crippen LogP contribution in [0.25, 0.3) is 0 Å². The van der Waals surface area contributed by atoms with Gasteiger partial charge in [0.15, 0.2) is 0 Å². The van der Waals surface area contributed by atoms with Crippen LogP contribution in [-0.2, 0) is 0 Å². The van der Waals surface area contributed by atoms with Gasteiger partial charge in [0.2, 0.25) is 0 Å². The standard InChI is InChI=1S/C31H34N4O/c36-31(35-33-29-20-16-26(17-21-29)24-10-5-2-6-11-24)27-12-7-13-30(22-27)34-32-28-18-14-25(15-19-28)23-8-3-1-4-9-23/h1-13,22,25-26,34H,14-21H2,(H,35,36). The minimum absolute atomic E-state index is 0.188. The summed E-state index contributed by atoms with van der Waals surface area (Å²) >= 11 is 0. The fourth-order valence-corrected chi connectivity index (χ4v) is 5.31. The number of hydrazone groups is 2. The van der Waals surface area contributed by atoms with E-state index in [0.717, 1.165) is 62.8 Å². The van der Waals surface area contributed by atoms with Crippen LogP contribution >= 0.6 is 0 Å². The Morgan fingerprint density at radius 2 is 1.17 bits per heavy atom. The molecule has 5 rings (SSSR count). The predicted octanol–water partition coefficient (Wildman–Crippen LogP) is 7.26. The molecule has 0 unspecified atom stereocenters. The third-order valence-electron chi connectivity index (χ3n) is 7.45. The van der Waals surface area contributed by atoms with Crippen molar-refractivity contribution in [3.63, 3.8) is 0 Å². The molecule has 0 saturated heterocycles. The monoisotopic (exact) mass is 478 g/mol. The van der Waals surface area contributed by atoms with Crippen molar-refractivity contribution in [2.75, 3.05) is 5.43 Å². The number of anilines is 1. The van der Waals surface area contributed by atoms with E-state index in [0.29, 0.717) is 17.4 Å². The second-order valence-corrected chi connectivity index (χ2v) is 9.86. The molecule has 2 N–H and O–H groups in total. The highest BCUT2D eigenvalue weighted by molar-refractivity contribution is 5.96. The van der Waals surface area contributed by atoms with Gasteiger partial charge in [0.1, 0.15) is 0 Å². The van der Waals surface area contributed by atoms with Gasteiger partial charge in [-0.05, 0) is 92.5 Å². The molecule has 2 saturated carbocycles. The number of hydrogen-bond donors (Lipinski definition) is 2. The van der Waals surface area contributed by atoms with Crippen molar-refractivity contribution < 1.29 is 4.79 Å². The SMILES string of the molecule is O=C(NN=C1CCC(c2ccccc2)CC1)c1cccc(NN=C2CCC(c3ccccc3)CC2)c1. The molecule has 3 aromatic rings. The first kappa shape index (κ1) is 24.0. The van der Waals surface area contributed by atoms with E-state index in [9.17, 15) is 4.79 Å². The highest BCUT2D eigenvalue weighted by Gasteiger charge is 2.20. The van der Waals surface area contributed by atoms with Crippen LogP contribution in [0.2, 0.25) is 0 Å². The van der Waals surface area contributed by atoms with Crippen LogP contribution in [-0.4, -0.2) is 17.3 Å². The molecule has 2 aliphatic carbocycles. The number of carbonyl (C=O) groups excluding carboxylic acids is 1. The molecule has 3 aromatic carbocycles. The highest BCUT2D eigenvalue weighted by atomic mass is 16.2. The van der Waals surface area contributed by atoms with E-state index in [1.165, 1.54) is 16.8 Å². The van der Waals surface area contributed by atoms with Crippen molar-refractivity contribution >= 4 is 23.0 Å². The molecule has 0 aliphatic heterocycles. The lowest BCUT2D eigenvalue weighted by Crippen LogP contribution is -2.22. The van der Waals surface area contributed by atoms with Crippen molar-refractivity contribution in [3.8, 4) is 0 Å². The van der Waals surface area contributed by atoms with Gasteiger partial charge in [-0.15, -0.1) is 0 Å². The molecule has 0 spiro atoms. The molecular weight excluding hydrogens is 444 g/mol. The average Bonchev–Trinajstić information content (AvgIpc) is 2.96. The Labute approximate surface area is 213 Å². The summed E-state index contributed by atoms with van der Waals surface area (Å²) in [4.78, 5) is 12.7. The van der Waals surface area contributed by atoms with E-state index in [1.54, 1.807) is 0 Å². The first-order valence-corrected chi connectivity index (χ1v) is 13.1. The maximum absolute atomic E-state index is 12.7. The Balaban J connectivity index is 1.11. The van der Waals surface area contributed by atoms with Crippen molar-refractivity contribution in [1.82, 2.24) is 5.43 Å². The van der Waals surface area contributed by atoms with E-state index in [1.807, 2.05) is 24.3 Å². The molecule has 0 radical (unpaired) electrons. The summed E-state index contributed by atoms with van der Waals surface area (Å²) in [7, 11) is 0. The predicted molar refractivity (Wildman–Crippen MR) is 148 cm³/mol. The normalized spacial score (nSPS) is 19.9. The Morgan fingerprint density at radius 3 is 1.72 bits per heavy atom. The van der Waals surface area contributed by atoms with Gasteiger partial charge in [0, 0.05) is 17.0 Å². The van der Waals surface area contributed by atoms with Crippen molar-refractivity contribution in [3.05, 3.63) is 102 Å². The van der Waals surface area contributed by atoms with Crippen LogP contribution in [0.4, 0.5) is 5.69 Å². The van der Waals surface area contributed by atoms with Crippen LogP contribution in [0, 0.1) is 0 Å². The summed E-state index contributed by atoms with van der Waals surface area (Å²) in [5.74, 6) is 1.01. The third-order valence-corrected chi connectivity index (χ3v) is 7.45. The maximum atomic E-state index is 12.7. The van der Waals surface area contributed by atoms with Crippen LogP contribution in [0.1, 0.15) is 84.7 Å². The van der Waals surface area contributed by atoms with Crippen molar-refractivity contribution in [1.29, 1.82) is 0 Å². The maximum Gasteiger partial charge on any atom is 0.271 e. The molecule has 0 heterocycles. The molecule has 0 atom stereocenters. The molecule has 184 valence electrons. The van der Waals surface area contributed by atoms with Gasteiger partial charge in [-0.25, -0.2) is 5.43 Å². The Bertz CT molecular complexity index is 1200. The zero-order chi connectivity index (χ0) is 24.6. The minimum Gasteiger partial charge on any atom is -0.279 e. The summed E-state index contributed by atoms with van der Waals surface area (Å²) in [6.45, 7) is 0. The van der Waals surface area contributed by atoms with Crippen LogP contribution in [0.15, 0.2) is 95.1 Å². The van der Waals surface area contributed by atoms with Gasteiger partial charge in [-0.3, -0.25) is 10.2 Å². The average molecular weight is 479 g/mol. The second kappa shape index (κ2) is 11.8. The Kier molecular flexibility index (Phi) is 7.86. The molecule has 1 amide bonds. The Morgan fingerprint density at radius 1 is 0.639 bits per heavy atom. The number of nitrogens with one attached hydrogen (secondary N) is 2. The smallest absolute Gasteiger partial charge is 0.271 e. The first-order chi connectivity index (χ1) is 17.7. The summed E-state index contributed by atoms with van der Waals surface area (Å²) in [6, 6.07) is 28.9. The molecule has 0 aromatic heterocycles.